The number of nitrogens with zero attached hydrogens (tertiary/aromatic N) is 3. The average Bonchev–Trinajstić information content (AvgIpc) is 2.37. The van der Waals surface area contributed by atoms with E-state index in [0.717, 1.165) is 4.31 Å². The highest BCUT2D eigenvalue weighted by Crippen LogP contribution is 2.15. The number of anilines is 1. The quantitative estimate of drug-likeness (QED) is 0.712. The first-order valence-electron chi connectivity index (χ1n) is 5.80. The van der Waals surface area contributed by atoms with Crippen LogP contribution in [0.15, 0.2) is 28.1 Å². The SMILES string of the molecule is C=CCn1ncc(NCCS(=O)(=O)N(C)C)c(Br)c1=O. The molecule has 0 radical (unpaired) electrons. The molecule has 0 saturated carbocycles. The fourth-order valence-electron chi connectivity index (χ4n) is 1.34. The van der Waals surface area contributed by atoms with E-state index in [1.807, 2.05) is 0 Å². The van der Waals surface area contributed by atoms with Gasteiger partial charge in [-0.15, -0.1) is 6.58 Å². The molecule has 0 bridgehead atoms. The first-order chi connectivity index (χ1) is 9.29. The minimum atomic E-state index is -3.27. The summed E-state index contributed by atoms with van der Waals surface area (Å²) >= 11 is 3.18. The molecule has 7 nitrogen and oxygen atoms in total. The van der Waals surface area contributed by atoms with E-state index in [9.17, 15) is 13.2 Å². The van der Waals surface area contributed by atoms with Gasteiger partial charge in [0.1, 0.15) is 4.47 Å². The van der Waals surface area contributed by atoms with Gasteiger partial charge in [0.2, 0.25) is 10.0 Å². The van der Waals surface area contributed by atoms with E-state index in [1.54, 1.807) is 6.08 Å². The van der Waals surface area contributed by atoms with Crippen molar-refractivity contribution in [2.75, 3.05) is 31.7 Å². The molecule has 0 aliphatic heterocycles. The Balaban J connectivity index is 2.78. The van der Waals surface area contributed by atoms with Crippen LogP contribution in [0.25, 0.3) is 0 Å². The van der Waals surface area contributed by atoms with Crippen LogP contribution in [0, 0.1) is 0 Å². The largest absolute Gasteiger partial charge is 0.382 e. The minimum Gasteiger partial charge on any atom is -0.382 e. The number of halogens is 1. The average molecular weight is 365 g/mol. The number of sulfonamides is 1. The van der Waals surface area contributed by atoms with E-state index in [4.69, 9.17) is 0 Å². The summed E-state index contributed by atoms with van der Waals surface area (Å²) in [6.45, 7) is 4.04. The monoisotopic (exact) mass is 364 g/mol. The lowest BCUT2D eigenvalue weighted by molar-refractivity contribution is 0.521. The molecule has 1 aromatic heterocycles. The van der Waals surface area contributed by atoms with Gasteiger partial charge in [0.25, 0.3) is 5.56 Å². The molecule has 0 spiro atoms. The molecule has 20 heavy (non-hydrogen) atoms. The Morgan fingerprint density at radius 3 is 2.75 bits per heavy atom. The molecular weight excluding hydrogens is 348 g/mol. The van der Waals surface area contributed by atoms with Crippen LogP contribution in [0.5, 0.6) is 0 Å². The highest BCUT2D eigenvalue weighted by molar-refractivity contribution is 9.10. The first kappa shape index (κ1) is 16.9. The van der Waals surface area contributed by atoms with Crippen molar-refractivity contribution in [3.8, 4) is 0 Å². The summed E-state index contributed by atoms with van der Waals surface area (Å²) in [5.74, 6) is -0.0673. The van der Waals surface area contributed by atoms with Crippen molar-refractivity contribution in [3.63, 3.8) is 0 Å². The summed E-state index contributed by atoms with van der Waals surface area (Å²) in [6, 6.07) is 0. The highest BCUT2D eigenvalue weighted by Gasteiger charge is 2.14. The number of aromatic nitrogens is 2. The molecule has 0 unspecified atom stereocenters. The van der Waals surface area contributed by atoms with Gasteiger partial charge in [0.15, 0.2) is 0 Å². The zero-order chi connectivity index (χ0) is 15.3. The van der Waals surface area contributed by atoms with Crippen molar-refractivity contribution in [1.29, 1.82) is 0 Å². The molecule has 1 N–H and O–H groups in total. The fraction of sp³-hybridized carbons (Fsp3) is 0.455. The van der Waals surface area contributed by atoms with Crippen LogP contribution in [0.2, 0.25) is 0 Å². The summed E-state index contributed by atoms with van der Waals surface area (Å²) in [6.07, 6.45) is 3.04. The zero-order valence-electron chi connectivity index (χ0n) is 11.3. The van der Waals surface area contributed by atoms with Crippen LogP contribution in [0.1, 0.15) is 0 Å². The van der Waals surface area contributed by atoms with Crippen LogP contribution in [-0.2, 0) is 16.6 Å². The number of allylic oxidation sites excluding steroid dienone is 1. The van der Waals surface area contributed by atoms with Crippen molar-refractivity contribution in [1.82, 2.24) is 14.1 Å². The van der Waals surface area contributed by atoms with E-state index in [0.29, 0.717) is 16.7 Å². The summed E-state index contributed by atoms with van der Waals surface area (Å²) in [7, 11) is -0.319. The van der Waals surface area contributed by atoms with Crippen LogP contribution < -0.4 is 10.9 Å². The van der Waals surface area contributed by atoms with Crippen molar-refractivity contribution in [2.45, 2.75) is 6.54 Å². The van der Waals surface area contributed by atoms with Crippen molar-refractivity contribution >= 4 is 31.6 Å². The second kappa shape index (κ2) is 7.00. The van der Waals surface area contributed by atoms with Crippen LogP contribution in [0.4, 0.5) is 5.69 Å². The Kier molecular flexibility index (Phi) is 5.90. The van der Waals surface area contributed by atoms with E-state index in [1.165, 1.54) is 25.0 Å². The lowest BCUT2D eigenvalue weighted by Crippen LogP contribution is -2.29. The first-order valence-corrected chi connectivity index (χ1v) is 8.20. The van der Waals surface area contributed by atoms with Gasteiger partial charge in [0, 0.05) is 20.6 Å². The maximum atomic E-state index is 11.9. The topological polar surface area (TPSA) is 84.3 Å². The lowest BCUT2D eigenvalue weighted by Gasteiger charge is -2.13. The van der Waals surface area contributed by atoms with Gasteiger partial charge < -0.3 is 5.32 Å². The molecule has 1 aromatic rings. The van der Waals surface area contributed by atoms with E-state index < -0.39 is 10.0 Å². The molecule has 112 valence electrons. The number of rotatable bonds is 7. The second-order valence-electron chi connectivity index (χ2n) is 4.17. The zero-order valence-corrected chi connectivity index (χ0v) is 13.7. The molecular formula is C11H17BrN4O3S. The highest BCUT2D eigenvalue weighted by atomic mass is 79.9. The molecule has 0 saturated heterocycles. The Bertz CT molecular complexity index is 640. The maximum absolute atomic E-state index is 11.9. The molecule has 0 amide bonds. The molecule has 0 aliphatic carbocycles. The molecule has 0 fully saturated rings. The smallest absolute Gasteiger partial charge is 0.283 e. The molecule has 1 rings (SSSR count). The van der Waals surface area contributed by atoms with E-state index >= 15 is 0 Å². The molecule has 0 aromatic carbocycles. The predicted octanol–water partition coefficient (Wildman–Crippen LogP) is 0.495. The van der Waals surface area contributed by atoms with Crippen LogP contribution >= 0.6 is 15.9 Å². The maximum Gasteiger partial charge on any atom is 0.283 e. The number of hydrogen-bond acceptors (Lipinski definition) is 5. The number of hydrogen-bond donors (Lipinski definition) is 1. The standard InChI is InChI=1S/C11H17BrN4O3S/c1-4-6-16-11(17)10(12)9(8-14-16)13-5-7-20(18,19)15(2)3/h4,8,13H,1,5-7H2,2-3H3. The van der Waals surface area contributed by atoms with Gasteiger partial charge in [-0.25, -0.2) is 17.4 Å². The Labute approximate surface area is 126 Å². The predicted molar refractivity (Wildman–Crippen MR) is 82.4 cm³/mol. The van der Waals surface area contributed by atoms with Crippen molar-refractivity contribution in [3.05, 3.63) is 33.7 Å². The summed E-state index contributed by atoms with van der Waals surface area (Å²) in [4.78, 5) is 11.9. The van der Waals surface area contributed by atoms with Crippen molar-refractivity contribution in [2.24, 2.45) is 0 Å². The van der Waals surface area contributed by atoms with Gasteiger partial charge in [0.05, 0.1) is 24.2 Å². The van der Waals surface area contributed by atoms with E-state index in [2.05, 4.69) is 32.9 Å². The molecule has 1 heterocycles. The minimum absolute atomic E-state index is 0.0673. The van der Waals surface area contributed by atoms with Gasteiger partial charge in [-0.1, -0.05) is 6.08 Å². The summed E-state index contributed by atoms with van der Waals surface area (Å²) in [5, 5.41) is 6.84. The Morgan fingerprint density at radius 1 is 1.55 bits per heavy atom. The van der Waals surface area contributed by atoms with Gasteiger partial charge in [-0.05, 0) is 15.9 Å². The second-order valence-corrected chi connectivity index (χ2v) is 7.27. The number of nitrogens with one attached hydrogen (secondary N) is 1. The van der Waals surface area contributed by atoms with E-state index in [-0.39, 0.29) is 17.9 Å². The van der Waals surface area contributed by atoms with Crippen LogP contribution in [-0.4, -0.2) is 48.9 Å². The van der Waals surface area contributed by atoms with Gasteiger partial charge >= 0.3 is 0 Å². The van der Waals surface area contributed by atoms with Gasteiger partial charge in [-0.3, -0.25) is 4.79 Å². The molecule has 0 aliphatic rings. The lowest BCUT2D eigenvalue weighted by atomic mass is 10.4. The third kappa shape index (κ3) is 4.15. The molecule has 9 heteroatoms. The third-order valence-corrected chi connectivity index (χ3v) is 5.12. The third-order valence-electron chi connectivity index (χ3n) is 2.52. The Morgan fingerprint density at radius 2 is 2.20 bits per heavy atom. The van der Waals surface area contributed by atoms with Gasteiger partial charge in [-0.2, -0.15) is 5.10 Å². The van der Waals surface area contributed by atoms with Crippen LogP contribution in [0.3, 0.4) is 0 Å². The van der Waals surface area contributed by atoms with Crippen molar-refractivity contribution < 1.29 is 8.42 Å². The summed E-state index contributed by atoms with van der Waals surface area (Å²) < 4.78 is 25.9. The fourth-order valence-corrected chi connectivity index (χ4v) is 2.51. The summed E-state index contributed by atoms with van der Waals surface area (Å²) in [5.41, 5.74) is 0.162. The Hall–Kier alpha value is -1.19. The normalized spacial score (nSPS) is 11.6. The molecule has 0 atom stereocenters.